The average Bonchev–Trinajstić information content (AvgIpc) is 3.02. The van der Waals surface area contributed by atoms with Crippen molar-refractivity contribution in [3.8, 4) is 0 Å². The number of halogens is 2. The van der Waals surface area contributed by atoms with Crippen LogP contribution in [0.1, 0.15) is 5.56 Å². The number of carbonyl (C=O) groups is 1. The highest BCUT2D eigenvalue weighted by atomic mass is 35.5. The summed E-state index contributed by atoms with van der Waals surface area (Å²) in [6.07, 6.45) is -0.433. The van der Waals surface area contributed by atoms with E-state index in [2.05, 4.69) is 27.0 Å². The van der Waals surface area contributed by atoms with Crippen molar-refractivity contribution >= 4 is 23.2 Å². The maximum Gasteiger partial charge on any atom is 0.242 e. The molecule has 0 aliphatic carbocycles. The predicted octanol–water partition coefficient (Wildman–Crippen LogP) is 1.51. The lowest BCUT2D eigenvalue weighted by Gasteiger charge is -2.20. The number of rotatable bonds is 5. The summed E-state index contributed by atoms with van der Waals surface area (Å²) < 4.78 is 13.3. The Morgan fingerprint density at radius 2 is 1.96 bits per heavy atom. The molecule has 1 aliphatic heterocycles. The van der Waals surface area contributed by atoms with Gasteiger partial charge in [-0.2, -0.15) is 5.53 Å². The van der Waals surface area contributed by atoms with Crippen LogP contribution in [-0.4, -0.2) is 18.1 Å². The number of anilines is 1. The van der Waals surface area contributed by atoms with E-state index in [9.17, 15) is 9.18 Å². The van der Waals surface area contributed by atoms with E-state index in [-0.39, 0.29) is 11.7 Å². The van der Waals surface area contributed by atoms with Crippen molar-refractivity contribution in [2.24, 2.45) is 0 Å². The Labute approximate surface area is 143 Å². The Morgan fingerprint density at radius 1 is 1.17 bits per heavy atom. The molecule has 126 valence electrons. The van der Waals surface area contributed by atoms with Crippen LogP contribution in [-0.2, 0) is 11.3 Å². The summed E-state index contributed by atoms with van der Waals surface area (Å²) in [4.78, 5) is 12.4. The quantitative estimate of drug-likeness (QED) is 0.566. The summed E-state index contributed by atoms with van der Waals surface area (Å²) >= 11 is 5.84. The summed E-state index contributed by atoms with van der Waals surface area (Å²) in [5.74, 6) is -0.543. The molecule has 3 rings (SSSR count). The molecular weight excluding hydrogens is 333 g/mol. The van der Waals surface area contributed by atoms with E-state index in [1.54, 1.807) is 24.3 Å². The van der Waals surface area contributed by atoms with Crippen LogP contribution in [0.15, 0.2) is 48.5 Å². The first-order chi connectivity index (χ1) is 11.6. The van der Waals surface area contributed by atoms with Crippen LogP contribution in [0.4, 0.5) is 10.1 Å². The summed E-state index contributed by atoms with van der Waals surface area (Å²) in [6.45, 7) is 0.390. The van der Waals surface area contributed by atoms with Gasteiger partial charge in [-0.25, -0.2) is 15.2 Å². The van der Waals surface area contributed by atoms with E-state index in [1.807, 2.05) is 12.1 Å². The standard InChI is InChI=1S/C16H17ClFN5O/c17-11-6-4-10(5-7-11)9-19-16(24)14-15(22-23-21-14)20-13-3-1-2-12(18)8-13/h1-8,14-15,20-23H,9H2,(H,19,24). The highest BCUT2D eigenvalue weighted by Gasteiger charge is 2.32. The first-order valence-electron chi connectivity index (χ1n) is 7.42. The molecule has 1 aliphatic rings. The third-order valence-electron chi connectivity index (χ3n) is 3.60. The Balaban J connectivity index is 1.58. The van der Waals surface area contributed by atoms with Crippen molar-refractivity contribution in [2.75, 3.05) is 5.32 Å². The van der Waals surface area contributed by atoms with E-state index in [1.165, 1.54) is 12.1 Å². The van der Waals surface area contributed by atoms with E-state index in [4.69, 9.17) is 11.6 Å². The lowest BCUT2D eigenvalue weighted by molar-refractivity contribution is -0.123. The van der Waals surface area contributed by atoms with Gasteiger partial charge in [-0.1, -0.05) is 29.8 Å². The molecule has 8 heteroatoms. The smallest absolute Gasteiger partial charge is 0.242 e. The van der Waals surface area contributed by atoms with Gasteiger partial charge in [0.05, 0.1) is 0 Å². The van der Waals surface area contributed by atoms with E-state index in [0.29, 0.717) is 17.3 Å². The zero-order chi connectivity index (χ0) is 16.9. The number of hydrogen-bond acceptors (Lipinski definition) is 5. The van der Waals surface area contributed by atoms with Crippen molar-refractivity contribution in [1.29, 1.82) is 0 Å². The molecule has 6 nitrogen and oxygen atoms in total. The number of carbonyl (C=O) groups excluding carboxylic acids is 1. The second-order valence-corrected chi connectivity index (χ2v) is 5.80. The summed E-state index contributed by atoms with van der Waals surface area (Å²) in [6, 6.07) is 12.7. The molecule has 2 aromatic carbocycles. The highest BCUT2D eigenvalue weighted by Crippen LogP contribution is 2.12. The van der Waals surface area contributed by atoms with Gasteiger partial charge in [-0.05, 0) is 35.9 Å². The van der Waals surface area contributed by atoms with Gasteiger partial charge in [-0.15, -0.1) is 0 Å². The molecule has 24 heavy (non-hydrogen) atoms. The number of amides is 1. The Bertz CT molecular complexity index is 712. The number of nitrogens with one attached hydrogen (secondary N) is 5. The largest absolute Gasteiger partial charge is 0.367 e. The van der Waals surface area contributed by atoms with Crippen molar-refractivity contribution in [3.63, 3.8) is 0 Å². The minimum atomic E-state index is -0.569. The molecule has 0 radical (unpaired) electrons. The molecule has 5 N–H and O–H groups in total. The maximum atomic E-state index is 13.3. The molecule has 0 spiro atoms. The molecule has 1 heterocycles. The minimum Gasteiger partial charge on any atom is -0.367 e. The molecule has 2 atom stereocenters. The molecular formula is C16H17ClFN5O. The second-order valence-electron chi connectivity index (χ2n) is 5.37. The highest BCUT2D eigenvalue weighted by molar-refractivity contribution is 6.30. The first kappa shape index (κ1) is 16.7. The third-order valence-corrected chi connectivity index (χ3v) is 3.85. The molecule has 2 unspecified atom stereocenters. The van der Waals surface area contributed by atoms with Gasteiger partial charge in [0.25, 0.3) is 0 Å². The number of hydrogen-bond donors (Lipinski definition) is 5. The van der Waals surface area contributed by atoms with Gasteiger partial charge in [-0.3, -0.25) is 4.79 Å². The van der Waals surface area contributed by atoms with Gasteiger partial charge >= 0.3 is 0 Å². The fourth-order valence-corrected chi connectivity index (χ4v) is 2.49. The van der Waals surface area contributed by atoms with Crippen LogP contribution in [0.2, 0.25) is 5.02 Å². The summed E-state index contributed by atoms with van der Waals surface area (Å²) in [5.41, 5.74) is 9.96. The Hall–Kier alpha value is -2.19. The minimum absolute atomic E-state index is 0.198. The number of hydrazine groups is 2. The topological polar surface area (TPSA) is 77.2 Å². The van der Waals surface area contributed by atoms with Gasteiger partial charge in [0.2, 0.25) is 5.91 Å². The van der Waals surface area contributed by atoms with E-state index < -0.39 is 12.2 Å². The zero-order valence-electron chi connectivity index (χ0n) is 12.6. The second kappa shape index (κ2) is 7.59. The monoisotopic (exact) mass is 349 g/mol. The van der Waals surface area contributed by atoms with E-state index >= 15 is 0 Å². The van der Waals surface area contributed by atoms with E-state index in [0.717, 1.165) is 5.56 Å². The molecule has 0 bridgehead atoms. The summed E-state index contributed by atoms with van der Waals surface area (Å²) in [7, 11) is 0. The first-order valence-corrected chi connectivity index (χ1v) is 7.80. The van der Waals surface area contributed by atoms with Gasteiger partial charge in [0.15, 0.2) is 0 Å². The third kappa shape index (κ3) is 4.21. The maximum absolute atomic E-state index is 13.3. The summed E-state index contributed by atoms with van der Waals surface area (Å²) in [5, 5.41) is 6.56. The van der Waals surface area contributed by atoms with Crippen molar-refractivity contribution in [1.82, 2.24) is 21.7 Å². The van der Waals surface area contributed by atoms with Crippen LogP contribution >= 0.6 is 11.6 Å². The zero-order valence-corrected chi connectivity index (χ0v) is 13.4. The van der Waals surface area contributed by atoms with Gasteiger partial charge < -0.3 is 10.6 Å². The molecule has 1 fully saturated rings. The van der Waals surface area contributed by atoms with Crippen LogP contribution in [0.25, 0.3) is 0 Å². The predicted molar refractivity (Wildman–Crippen MR) is 90.3 cm³/mol. The van der Waals surface area contributed by atoms with Crippen molar-refractivity contribution < 1.29 is 9.18 Å². The molecule has 0 saturated carbocycles. The average molecular weight is 350 g/mol. The lowest BCUT2D eigenvalue weighted by atomic mass is 10.2. The van der Waals surface area contributed by atoms with Gasteiger partial charge in [0.1, 0.15) is 18.0 Å². The van der Waals surface area contributed by atoms with Crippen LogP contribution < -0.4 is 27.0 Å². The fourth-order valence-electron chi connectivity index (χ4n) is 2.36. The molecule has 1 saturated heterocycles. The van der Waals surface area contributed by atoms with Crippen molar-refractivity contribution in [3.05, 3.63) is 64.9 Å². The van der Waals surface area contributed by atoms with Crippen LogP contribution in [0.3, 0.4) is 0 Å². The number of benzene rings is 2. The fraction of sp³-hybridized carbons (Fsp3) is 0.188. The van der Waals surface area contributed by atoms with Crippen molar-refractivity contribution in [2.45, 2.75) is 18.8 Å². The van der Waals surface area contributed by atoms with Crippen LogP contribution in [0.5, 0.6) is 0 Å². The van der Waals surface area contributed by atoms with Gasteiger partial charge in [0, 0.05) is 17.3 Å². The SMILES string of the molecule is O=C(NCc1ccc(Cl)cc1)C1NNNC1Nc1cccc(F)c1. The lowest BCUT2D eigenvalue weighted by Crippen LogP contribution is -2.50. The molecule has 2 aromatic rings. The Kier molecular flexibility index (Phi) is 5.27. The Morgan fingerprint density at radius 3 is 2.71 bits per heavy atom. The molecule has 1 amide bonds. The van der Waals surface area contributed by atoms with Crippen LogP contribution in [0, 0.1) is 5.82 Å². The normalized spacial score (nSPS) is 19.9. The molecule has 0 aromatic heterocycles.